The highest BCUT2D eigenvalue weighted by Gasteiger charge is 2.17. The van der Waals surface area contributed by atoms with Crippen molar-refractivity contribution >= 4 is 5.91 Å². The maximum Gasteiger partial charge on any atom is 0.261 e. The average Bonchev–Trinajstić information content (AvgIpc) is 2.67. The molecule has 2 aromatic carbocycles. The molecule has 0 aliphatic carbocycles. The Hall–Kier alpha value is -2.89. The molecule has 0 saturated carbocycles. The standard InChI is InChI=1S/C20H25NO5/c1-14(13-25-18-9-5-16(23-3)6-10-18)21-20(22)15(2)26-19-11-7-17(24-4)8-12-19/h5-12,14-15H,13H2,1-4H3,(H,21,22)/t14-,15-/m1/s1. The van der Waals surface area contributed by atoms with Gasteiger partial charge in [0.25, 0.3) is 5.91 Å². The van der Waals surface area contributed by atoms with Crippen LogP contribution in [0.5, 0.6) is 23.0 Å². The lowest BCUT2D eigenvalue weighted by Gasteiger charge is -2.19. The Labute approximate surface area is 154 Å². The monoisotopic (exact) mass is 359 g/mol. The molecule has 2 aromatic rings. The van der Waals surface area contributed by atoms with Gasteiger partial charge in [0.15, 0.2) is 6.10 Å². The summed E-state index contributed by atoms with van der Waals surface area (Å²) < 4.78 is 21.5. The molecule has 2 atom stereocenters. The number of benzene rings is 2. The Kier molecular flexibility index (Phi) is 7.14. The van der Waals surface area contributed by atoms with Crippen molar-refractivity contribution in [3.05, 3.63) is 48.5 Å². The third-order valence-electron chi connectivity index (χ3n) is 3.69. The normalized spacial score (nSPS) is 12.6. The molecule has 1 amide bonds. The van der Waals surface area contributed by atoms with E-state index in [1.54, 1.807) is 45.4 Å². The second-order valence-electron chi connectivity index (χ2n) is 5.83. The third kappa shape index (κ3) is 5.88. The number of ether oxygens (including phenoxy) is 4. The SMILES string of the molecule is COc1ccc(OC[C@@H](C)NC(=O)[C@@H](C)Oc2ccc(OC)cc2)cc1. The van der Waals surface area contributed by atoms with Crippen LogP contribution in [0.1, 0.15) is 13.8 Å². The molecule has 0 radical (unpaired) electrons. The van der Waals surface area contributed by atoms with E-state index in [1.807, 2.05) is 31.2 Å². The van der Waals surface area contributed by atoms with Gasteiger partial charge in [-0.1, -0.05) is 0 Å². The second kappa shape index (κ2) is 9.56. The fourth-order valence-electron chi connectivity index (χ4n) is 2.21. The number of methoxy groups -OCH3 is 2. The zero-order valence-corrected chi connectivity index (χ0v) is 15.5. The van der Waals surface area contributed by atoms with E-state index in [4.69, 9.17) is 18.9 Å². The van der Waals surface area contributed by atoms with Gasteiger partial charge in [-0.2, -0.15) is 0 Å². The molecule has 0 spiro atoms. The number of rotatable bonds is 9. The molecule has 6 heteroatoms. The van der Waals surface area contributed by atoms with Gasteiger partial charge in [-0.25, -0.2) is 0 Å². The van der Waals surface area contributed by atoms with Crippen LogP contribution in [-0.4, -0.2) is 38.9 Å². The van der Waals surface area contributed by atoms with Crippen molar-refractivity contribution in [3.8, 4) is 23.0 Å². The molecular weight excluding hydrogens is 334 g/mol. The van der Waals surface area contributed by atoms with Crippen molar-refractivity contribution in [3.63, 3.8) is 0 Å². The highest BCUT2D eigenvalue weighted by molar-refractivity contribution is 5.81. The van der Waals surface area contributed by atoms with Gasteiger partial charge < -0.3 is 24.3 Å². The summed E-state index contributed by atoms with van der Waals surface area (Å²) in [7, 11) is 3.21. The Morgan fingerprint density at radius 3 is 1.81 bits per heavy atom. The quantitative estimate of drug-likeness (QED) is 0.745. The van der Waals surface area contributed by atoms with Crippen molar-refractivity contribution in [2.75, 3.05) is 20.8 Å². The molecule has 0 aliphatic rings. The summed E-state index contributed by atoms with van der Waals surface area (Å²) >= 11 is 0. The van der Waals surface area contributed by atoms with Gasteiger partial charge in [0, 0.05) is 0 Å². The van der Waals surface area contributed by atoms with Crippen molar-refractivity contribution in [1.29, 1.82) is 0 Å². The van der Waals surface area contributed by atoms with Gasteiger partial charge in [0.2, 0.25) is 0 Å². The molecule has 0 heterocycles. The van der Waals surface area contributed by atoms with Crippen LogP contribution in [0.15, 0.2) is 48.5 Å². The van der Waals surface area contributed by atoms with Gasteiger partial charge >= 0.3 is 0 Å². The molecule has 1 N–H and O–H groups in total. The fraction of sp³-hybridized carbons (Fsp3) is 0.350. The minimum atomic E-state index is -0.619. The first-order valence-electron chi connectivity index (χ1n) is 8.39. The topological polar surface area (TPSA) is 66.0 Å². The minimum Gasteiger partial charge on any atom is -0.497 e. The van der Waals surface area contributed by atoms with E-state index in [0.29, 0.717) is 12.4 Å². The number of nitrogens with one attached hydrogen (secondary N) is 1. The van der Waals surface area contributed by atoms with Crippen LogP contribution in [0, 0.1) is 0 Å². The van der Waals surface area contributed by atoms with E-state index in [0.717, 1.165) is 17.2 Å². The Balaban J connectivity index is 1.77. The first-order valence-corrected chi connectivity index (χ1v) is 8.39. The van der Waals surface area contributed by atoms with E-state index in [9.17, 15) is 4.79 Å². The minimum absolute atomic E-state index is 0.161. The number of hydrogen-bond donors (Lipinski definition) is 1. The van der Waals surface area contributed by atoms with Crippen molar-refractivity contribution in [2.45, 2.75) is 26.0 Å². The van der Waals surface area contributed by atoms with Gasteiger partial charge in [-0.3, -0.25) is 4.79 Å². The molecule has 0 fully saturated rings. The third-order valence-corrected chi connectivity index (χ3v) is 3.69. The molecule has 2 rings (SSSR count). The predicted molar refractivity (Wildman–Crippen MR) is 99.2 cm³/mol. The summed E-state index contributed by atoms with van der Waals surface area (Å²) in [6.45, 7) is 3.94. The van der Waals surface area contributed by atoms with Crippen LogP contribution >= 0.6 is 0 Å². The Bertz CT molecular complexity index is 684. The van der Waals surface area contributed by atoms with Gasteiger partial charge in [0.1, 0.15) is 29.6 Å². The molecule has 0 saturated heterocycles. The summed E-state index contributed by atoms with van der Waals surface area (Å²) in [5.74, 6) is 2.62. The summed E-state index contributed by atoms with van der Waals surface area (Å²) in [6, 6.07) is 14.2. The van der Waals surface area contributed by atoms with Crippen LogP contribution in [0.2, 0.25) is 0 Å². The largest absolute Gasteiger partial charge is 0.497 e. The number of carbonyl (C=O) groups is 1. The van der Waals surface area contributed by atoms with E-state index in [1.165, 1.54) is 0 Å². The number of carbonyl (C=O) groups excluding carboxylic acids is 1. The Morgan fingerprint density at radius 1 is 0.846 bits per heavy atom. The predicted octanol–water partition coefficient (Wildman–Crippen LogP) is 3.05. The molecule has 0 bridgehead atoms. The first-order chi connectivity index (χ1) is 12.5. The maximum absolute atomic E-state index is 12.2. The van der Waals surface area contributed by atoms with Crippen molar-refractivity contribution in [2.24, 2.45) is 0 Å². The first kappa shape index (κ1) is 19.4. The average molecular weight is 359 g/mol. The van der Waals surface area contributed by atoms with Crippen LogP contribution in [0.4, 0.5) is 0 Å². The van der Waals surface area contributed by atoms with E-state index >= 15 is 0 Å². The lowest BCUT2D eigenvalue weighted by atomic mass is 10.3. The molecule has 0 aliphatic heterocycles. The lowest BCUT2D eigenvalue weighted by molar-refractivity contribution is -0.128. The van der Waals surface area contributed by atoms with Crippen molar-refractivity contribution in [1.82, 2.24) is 5.32 Å². The molecule has 140 valence electrons. The van der Waals surface area contributed by atoms with E-state index in [-0.39, 0.29) is 11.9 Å². The number of hydrogen-bond acceptors (Lipinski definition) is 5. The fourth-order valence-corrected chi connectivity index (χ4v) is 2.21. The van der Waals surface area contributed by atoms with E-state index in [2.05, 4.69) is 5.32 Å². The zero-order valence-electron chi connectivity index (χ0n) is 15.5. The molecule has 6 nitrogen and oxygen atoms in total. The smallest absolute Gasteiger partial charge is 0.261 e. The highest BCUT2D eigenvalue weighted by Crippen LogP contribution is 2.19. The molecular formula is C20H25NO5. The summed E-state index contributed by atoms with van der Waals surface area (Å²) in [5, 5.41) is 2.88. The van der Waals surface area contributed by atoms with Crippen LogP contribution < -0.4 is 24.3 Å². The second-order valence-corrected chi connectivity index (χ2v) is 5.83. The molecule has 26 heavy (non-hydrogen) atoms. The molecule has 0 unspecified atom stereocenters. The maximum atomic E-state index is 12.2. The highest BCUT2D eigenvalue weighted by atomic mass is 16.5. The van der Waals surface area contributed by atoms with Gasteiger partial charge in [-0.15, -0.1) is 0 Å². The zero-order chi connectivity index (χ0) is 18.9. The summed E-state index contributed by atoms with van der Waals surface area (Å²) in [4.78, 5) is 12.2. The summed E-state index contributed by atoms with van der Waals surface area (Å²) in [5.41, 5.74) is 0. The number of amides is 1. The Morgan fingerprint density at radius 2 is 1.31 bits per heavy atom. The van der Waals surface area contributed by atoms with Gasteiger partial charge in [-0.05, 0) is 62.4 Å². The summed E-state index contributed by atoms with van der Waals surface area (Å²) in [6.07, 6.45) is -0.619. The molecule has 0 aromatic heterocycles. The van der Waals surface area contributed by atoms with Crippen LogP contribution in [0.25, 0.3) is 0 Å². The van der Waals surface area contributed by atoms with Crippen LogP contribution in [-0.2, 0) is 4.79 Å². The van der Waals surface area contributed by atoms with E-state index < -0.39 is 6.10 Å². The van der Waals surface area contributed by atoms with Gasteiger partial charge in [0.05, 0.1) is 20.3 Å². The van der Waals surface area contributed by atoms with Crippen LogP contribution in [0.3, 0.4) is 0 Å². The lowest BCUT2D eigenvalue weighted by Crippen LogP contribution is -2.43. The van der Waals surface area contributed by atoms with Crippen molar-refractivity contribution < 1.29 is 23.7 Å².